The van der Waals surface area contributed by atoms with Crippen molar-refractivity contribution < 1.29 is 17.4 Å². The Morgan fingerprint density at radius 3 is 2.25 bits per heavy atom. The van der Waals surface area contributed by atoms with Gasteiger partial charge in [0.15, 0.2) is 0 Å². The third-order valence-corrected chi connectivity index (χ3v) is 1.58. The minimum absolute atomic E-state index is 0.277. The van der Waals surface area contributed by atoms with Crippen LogP contribution in [0.2, 0.25) is 0 Å². The Balaban J connectivity index is 3.94. The van der Waals surface area contributed by atoms with E-state index in [1.165, 1.54) is 0 Å². The van der Waals surface area contributed by atoms with Gasteiger partial charge in [0.25, 0.3) is 10.1 Å². The Hall–Kier alpha value is -0.420. The first-order valence-corrected chi connectivity index (χ1v) is 3.42. The summed E-state index contributed by atoms with van der Waals surface area (Å²) in [6.07, 6.45) is 0.277. The zero-order valence-electron chi connectivity index (χ0n) is 4.33. The fourth-order valence-electron chi connectivity index (χ4n) is 0.151. The fraction of sp³-hybridized carbons (Fsp3) is 0.667. The van der Waals surface area contributed by atoms with E-state index in [1.807, 2.05) is 0 Å². The van der Waals surface area contributed by atoms with Crippen LogP contribution in [0.25, 0.3) is 0 Å². The van der Waals surface area contributed by atoms with E-state index >= 15 is 0 Å². The topological polar surface area (TPSA) is 60.4 Å². The summed E-state index contributed by atoms with van der Waals surface area (Å²) >= 11 is 0. The SMILES string of the molecule is COS(=O)(=O)CC=O. The molecule has 0 aliphatic carbocycles. The van der Waals surface area contributed by atoms with Crippen LogP contribution in [0.5, 0.6) is 0 Å². The standard InChI is InChI=1S/C3H6O4S/c1-7-8(5,6)3-2-4/h2H,3H2,1H3. The zero-order chi connectivity index (χ0) is 6.62. The van der Waals surface area contributed by atoms with E-state index in [0.717, 1.165) is 7.11 Å². The molecule has 0 heterocycles. The van der Waals surface area contributed by atoms with E-state index in [1.54, 1.807) is 0 Å². The first kappa shape index (κ1) is 7.58. The van der Waals surface area contributed by atoms with E-state index in [9.17, 15) is 13.2 Å². The molecule has 0 amide bonds. The van der Waals surface area contributed by atoms with E-state index in [2.05, 4.69) is 4.18 Å². The molecule has 0 aromatic rings. The van der Waals surface area contributed by atoms with Crippen molar-refractivity contribution in [2.75, 3.05) is 12.9 Å². The summed E-state index contributed by atoms with van der Waals surface area (Å²) in [5, 5.41) is 0. The van der Waals surface area contributed by atoms with Crippen molar-refractivity contribution in [3.05, 3.63) is 0 Å². The maximum absolute atomic E-state index is 10.1. The van der Waals surface area contributed by atoms with Crippen LogP contribution in [0.15, 0.2) is 0 Å². The van der Waals surface area contributed by atoms with Crippen LogP contribution in [-0.4, -0.2) is 27.6 Å². The Morgan fingerprint density at radius 2 is 2.12 bits per heavy atom. The molecule has 0 radical (unpaired) electrons. The second-order valence-corrected chi connectivity index (χ2v) is 2.84. The molecule has 0 aromatic carbocycles. The molecule has 0 spiro atoms. The number of hydrogen-bond donors (Lipinski definition) is 0. The highest BCUT2D eigenvalue weighted by atomic mass is 32.2. The smallest absolute Gasteiger partial charge is 0.273 e. The molecule has 0 atom stereocenters. The summed E-state index contributed by atoms with van der Waals surface area (Å²) in [5.74, 6) is -0.566. The summed E-state index contributed by atoms with van der Waals surface area (Å²) in [6, 6.07) is 0. The van der Waals surface area contributed by atoms with E-state index in [0.29, 0.717) is 0 Å². The lowest BCUT2D eigenvalue weighted by atomic mass is 10.9. The van der Waals surface area contributed by atoms with Gasteiger partial charge in [-0.3, -0.25) is 4.18 Å². The summed E-state index contributed by atoms with van der Waals surface area (Å²) in [5.41, 5.74) is 0. The first-order chi connectivity index (χ1) is 3.62. The molecule has 0 rings (SSSR count). The summed E-state index contributed by atoms with van der Waals surface area (Å²) in [7, 11) is -2.52. The second kappa shape index (κ2) is 2.78. The molecule has 0 unspecified atom stereocenters. The lowest BCUT2D eigenvalue weighted by molar-refractivity contribution is -0.105. The molecule has 0 saturated heterocycles. The lowest BCUT2D eigenvalue weighted by Crippen LogP contribution is -2.07. The molecule has 0 saturated carbocycles. The van der Waals surface area contributed by atoms with Gasteiger partial charge in [-0.2, -0.15) is 8.42 Å². The normalized spacial score (nSPS) is 11.1. The minimum atomic E-state index is -3.54. The summed E-state index contributed by atoms with van der Waals surface area (Å²) in [4.78, 5) is 9.52. The van der Waals surface area contributed by atoms with Crippen molar-refractivity contribution in [1.29, 1.82) is 0 Å². The van der Waals surface area contributed by atoms with Gasteiger partial charge in [-0.25, -0.2) is 0 Å². The van der Waals surface area contributed by atoms with Crippen LogP contribution < -0.4 is 0 Å². The maximum atomic E-state index is 10.1. The molecule has 0 aromatic heterocycles. The van der Waals surface area contributed by atoms with Crippen LogP contribution in [0, 0.1) is 0 Å². The highest BCUT2D eigenvalue weighted by molar-refractivity contribution is 7.87. The second-order valence-electron chi connectivity index (χ2n) is 1.06. The van der Waals surface area contributed by atoms with Crippen molar-refractivity contribution >= 4 is 16.4 Å². The fourth-order valence-corrected chi connectivity index (χ4v) is 0.454. The van der Waals surface area contributed by atoms with Crippen molar-refractivity contribution in [3.63, 3.8) is 0 Å². The van der Waals surface area contributed by atoms with E-state index in [-0.39, 0.29) is 6.29 Å². The van der Waals surface area contributed by atoms with Gasteiger partial charge in [-0.1, -0.05) is 0 Å². The van der Waals surface area contributed by atoms with Crippen molar-refractivity contribution in [2.24, 2.45) is 0 Å². The summed E-state index contributed by atoms with van der Waals surface area (Å²) in [6.45, 7) is 0. The minimum Gasteiger partial charge on any atom is -0.302 e. The molecule has 8 heavy (non-hydrogen) atoms. The molecular weight excluding hydrogens is 132 g/mol. The molecule has 0 aliphatic heterocycles. The van der Waals surface area contributed by atoms with Crippen molar-refractivity contribution in [3.8, 4) is 0 Å². The quantitative estimate of drug-likeness (QED) is 0.377. The molecule has 0 aliphatic rings. The third kappa shape index (κ3) is 2.70. The number of rotatable bonds is 3. The number of hydrogen-bond acceptors (Lipinski definition) is 4. The molecule has 5 heteroatoms. The van der Waals surface area contributed by atoms with Gasteiger partial charge >= 0.3 is 0 Å². The van der Waals surface area contributed by atoms with Crippen LogP contribution >= 0.6 is 0 Å². The van der Waals surface area contributed by atoms with Gasteiger partial charge in [0.05, 0.1) is 7.11 Å². The van der Waals surface area contributed by atoms with Crippen LogP contribution in [0.3, 0.4) is 0 Å². The Labute approximate surface area is 47.6 Å². The Kier molecular flexibility index (Phi) is 2.64. The van der Waals surface area contributed by atoms with Gasteiger partial charge in [0.1, 0.15) is 12.0 Å². The first-order valence-electron chi connectivity index (χ1n) is 1.84. The molecule has 4 nitrogen and oxygen atoms in total. The molecular formula is C3H6O4S. The predicted octanol–water partition coefficient (Wildman–Crippen LogP) is -0.839. The summed E-state index contributed by atoms with van der Waals surface area (Å²) < 4.78 is 24.2. The number of carbonyl (C=O) groups excluding carboxylic acids is 1. The van der Waals surface area contributed by atoms with Crippen LogP contribution in [0.1, 0.15) is 0 Å². The molecule has 0 N–H and O–H groups in total. The van der Waals surface area contributed by atoms with Crippen LogP contribution in [0.4, 0.5) is 0 Å². The van der Waals surface area contributed by atoms with E-state index in [4.69, 9.17) is 0 Å². The largest absolute Gasteiger partial charge is 0.302 e. The molecule has 0 bridgehead atoms. The van der Waals surface area contributed by atoms with Crippen molar-refractivity contribution in [1.82, 2.24) is 0 Å². The highest BCUT2D eigenvalue weighted by Gasteiger charge is 2.04. The molecule has 48 valence electrons. The van der Waals surface area contributed by atoms with Gasteiger partial charge in [0.2, 0.25) is 0 Å². The van der Waals surface area contributed by atoms with Gasteiger partial charge < -0.3 is 4.79 Å². The van der Waals surface area contributed by atoms with Gasteiger partial charge in [0, 0.05) is 0 Å². The van der Waals surface area contributed by atoms with Gasteiger partial charge in [-0.15, -0.1) is 0 Å². The van der Waals surface area contributed by atoms with Crippen LogP contribution in [-0.2, 0) is 19.1 Å². The third-order valence-electron chi connectivity index (χ3n) is 0.526. The highest BCUT2D eigenvalue weighted by Crippen LogP contribution is 1.84. The average molecular weight is 138 g/mol. The number of aldehydes is 1. The Morgan fingerprint density at radius 1 is 1.62 bits per heavy atom. The van der Waals surface area contributed by atoms with E-state index < -0.39 is 15.9 Å². The monoisotopic (exact) mass is 138 g/mol. The number of carbonyl (C=O) groups is 1. The van der Waals surface area contributed by atoms with Crippen molar-refractivity contribution in [2.45, 2.75) is 0 Å². The zero-order valence-corrected chi connectivity index (χ0v) is 5.14. The Bertz CT molecular complexity index is 156. The predicted molar refractivity (Wildman–Crippen MR) is 26.9 cm³/mol. The maximum Gasteiger partial charge on any atom is 0.273 e. The molecule has 0 fully saturated rings. The average Bonchev–Trinajstić information content (AvgIpc) is 1.67. The lowest BCUT2D eigenvalue weighted by Gasteiger charge is -1.90. The van der Waals surface area contributed by atoms with Gasteiger partial charge in [-0.05, 0) is 0 Å².